The van der Waals surface area contributed by atoms with Gasteiger partial charge in [-0.1, -0.05) is 133 Å². The summed E-state index contributed by atoms with van der Waals surface area (Å²) in [5.74, 6) is -0.877. The molecule has 0 aromatic heterocycles. The van der Waals surface area contributed by atoms with Crippen LogP contribution in [0.25, 0.3) is 0 Å². The van der Waals surface area contributed by atoms with Gasteiger partial charge in [0.05, 0.1) is 32.7 Å². The van der Waals surface area contributed by atoms with Crippen LogP contribution in [0.5, 0.6) is 5.75 Å². The van der Waals surface area contributed by atoms with E-state index in [-0.39, 0.29) is 19.8 Å². The second kappa shape index (κ2) is 18.3. The molecule has 0 amide bonds. The van der Waals surface area contributed by atoms with Gasteiger partial charge in [-0.3, -0.25) is 0 Å². The van der Waals surface area contributed by atoms with Gasteiger partial charge in [0.1, 0.15) is 30.7 Å². The van der Waals surface area contributed by atoms with E-state index >= 15 is 0 Å². The highest BCUT2D eigenvalue weighted by atomic mass is 35.5. The van der Waals surface area contributed by atoms with Crippen molar-refractivity contribution in [3.05, 3.63) is 185 Å². The average molecular weight is 721 g/mol. The zero-order valence-corrected chi connectivity index (χ0v) is 30.1. The Morgan fingerprint density at radius 2 is 1.27 bits per heavy atom. The number of rotatable bonds is 17. The Labute approximate surface area is 311 Å². The quantitative estimate of drug-likeness (QED) is 0.0962. The first kappa shape index (κ1) is 37.3. The van der Waals surface area contributed by atoms with Crippen LogP contribution in [-0.2, 0) is 49.9 Å². The van der Waals surface area contributed by atoms with Crippen molar-refractivity contribution in [1.82, 2.24) is 0 Å². The van der Waals surface area contributed by atoms with Crippen LogP contribution in [0.3, 0.4) is 0 Å². The van der Waals surface area contributed by atoms with E-state index in [1.165, 1.54) is 6.26 Å². The Morgan fingerprint density at radius 1 is 0.712 bits per heavy atom. The molecule has 0 saturated carbocycles. The van der Waals surface area contributed by atoms with Crippen molar-refractivity contribution in [3.8, 4) is 5.75 Å². The van der Waals surface area contributed by atoms with Crippen molar-refractivity contribution in [3.63, 3.8) is 0 Å². The highest BCUT2D eigenvalue weighted by molar-refractivity contribution is 6.31. The van der Waals surface area contributed by atoms with Crippen molar-refractivity contribution in [2.45, 2.75) is 63.4 Å². The molecule has 270 valence electrons. The van der Waals surface area contributed by atoms with E-state index in [2.05, 4.69) is 6.58 Å². The van der Waals surface area contributed by atoms with Gasteiger partial charge in [-0.25, -0.2) is 0 Å². The van der Waals surface area contributed by atoms with E-state index in [1.807, 2.05) is 140 Å². The van der Waals surface area contributed by atoms with Crippen LogP contribution < -0.4 is 4.74 Å². The Morgan fingerprint density at radius 3 is 1.81 bits per heavy atom. The molecule has 1 heterocycles. The molecule has 1 fully saturated rings. The number of aliphatic hydroxyl groups is 1. The predicted octanol–water partition coefficient (Wildman–Crippen LogP) is 9.01. The molecule has 5 aromatic rings. The van der Waals surface area contributed by atoms with Crippen molar-refractivity contribution >= 4 is 11.6 Å². The largest absolute Gasteiger partial charge is 0.494 e. The topological polar surface area (TPSA) is 75.6 Å². The highest BCUT2D eigenvalue weighted by Gasteiger charge is 2.58. The van der Waals surface area contributed by atoms with Crippen LogP contribution in [0.2, 0.25) is 5.02 Å². The summed E-state index contributed by atoms with van der Waals surface area (Å²) in [5.41, 5.74) is 5.65. The maximum absolute atomic E-state index is 11.2. The first-order valence-corrected chi connectivity index (χ1v) is 17.9. The molecule has 1 N–H and O–H groups in total. The van der Waals surface area contributed by atoms with Crippen LogP contribution in [0.15, 0.2) is 146 Å². The third-order valence-corrected chi connectivity index (χ3v) is 9.42. The van der Waals surface area contributed by atoms with Crippen molar-refractivity contribution in [2.24, 2.45) is 0 Å². The summed E-state index contributed by atoms with van der Waals surface area (Å²) >= 11 is 6.83. The molecule has 5 aromatic carbocycles. The summed E-state index contributed by atoms with van der Waals surface area (Å²) in [4.78, 5) is 0. The zero-order valence-electron chi connectivity index (χ0n) is 29.3. The lowest BCUT2D eigenvalue weighted by Gasteiger charge is -2.51. The summed E-state index contributed by atoms with van der Waals surface area (Å²) in [6.07, 6.45) is -1.35. The van der Waals surface area contributed by atoms with Gasteiger partial charge in [-0.15, -0.1) is 0 Å². The first-order chi connectivity index (χ1) is 25.5. The average Bonchev–Trinajstić information content (AvgIpc) is 3.19. The SMILES string of the molecule is C=COC1(CO)OC(c2ccc(Cl)c(Cc3ccc(OCC)cc3)c2)C(OCc2ccccc2)C(OCc2ccccc2)C1OCc1ccccc1. The molecule has 7 nitrogen and oxygen atoms in total. The maximum atomic E-state index is 11.2. The fourth-order valence-electron chi connectivity index (χ4n) is 6.48. The van der Waals surface area contributed by atoms with Crippen LogP contribution in [-0.4, -0.2) is 42.4 Å². The fourth-order valence-corrected chi connectivity index (χ4v) is 6.66. The van der Waals surface area contributed by atoms with E-state index in [9.17, 15) is 5.11 Å². The molecule has 1 aliphatic rings. The Bertz CT molecular complexity index is 1820. The van der Waals surface area contributed by atoms with Gasteiger partial charge in [-0.05, 0) is 64.9 Å². The number of halogens is 1. The summed E-state index contributed by atoms with van der Waals surface area (Å²) in [5, 5.41) is 11.8. The lowest BCUT2D eigenvalue weighted by atomic mass is 9.87. The molecular weight excluding hydrogens is 676 g/mol. The molecule has 52 heavy (non-hydrogen) atoms. The number of aliphatic hydroxyl groups excluding tert-OH is 1. The smallest absolute Gasteiger partial charge is 0.262 e. The van der Waals surface area contributed by atoms with E-state index < -0.39 is 36.8 Å². The minimum atomic E-state index is -1.69. The summed E-state index contributed by atoms with van der Waals surface area (Å²) in [6, 6.07) is 43.5. The first-order valence-electron chi connectivity index (χ1n) is 17.6. The molecule has 8 heteroatoms. The van der Waals surface area contributed by atoms with E-state index in [0.717, 1.165) is 39.1 Å². The second-order valence-electron chi connectivity index (χ2n) is 12.6. The number of hydrogen-bond donors (Lipinski definition) is 1. The lowest BCUT2D eigenvalue weighted by Crippen LogP contribution is -2.66. The minimum absolute atomic E-state index is 0.214. The summed E-state index contributed by atoms with van der Waals surface area (Å²) < 4.78 is 39.0. The molecule has 0 spiro atoms. The molecule has 6 rings (SSSR count). The fraction of sp³-hybridized carbons (Fsp3) is 0.273. The van der Waals surface area contributed by atoms with Gasteiger partial charge < -0.3 is 33.5 Å². The molecule has 5 atom stereocenters. The van der Waals surface area contributed by atoms with Crippen molar-refractivity contribution < 1.29 is 33.5 Å². The molecule has 1 aliphatic heterocycles. The summed E-state index contributed by atoms with van der Waals surface area (Å²) in [7, 11) is 0. The minimum Gasteiger partial charge on any atom is -0.494 e. The third-order valence-electron chi connectivity index (χ3n) is 9.05. The van der Waals surface area contributed by atoms with Gasteiger partial charge in [0.2, 0.25) is 0 Å². The van der Waals surface area contributed by atoms with E-state index in [0.29, 0.717) is 18.1 Å². The van der Waals surface area contributed by atoms with Crippen molar-refractivity contribution in [2.75, 3.05) is 13.2 Å². The van der Waals surface area contributed by atoms with Gasteiger partial charge in [0.15, 0.2) is 6.10 Å². The zero-order chi connectivity index (χ0) is 36.2. The number of ether oxygens (including phenoxy) is 6. The second-order valence-corrected chi connectivity index (χ2v) is 13.0. The van der Waals surface area contributed by atoms with Gasteiger partial charge in [0, 0.05) is 5.02 Å². The van der Waals surface area contributed by atoms with E-state index in [1.54, 1.807) is 0 Å². The number of hydrogen-bond acceptors (Lipinski definition) is 7. The van der Waals surface area contributed by atoms with Crippen molar-refractivity contribution in [1.29, 1.82) is 0 Å². The standard InChI is InChI=1S/C44H45ClO7/c1-3-47-38-23-20-32(21-24-38)26-37-27-36(22-25-39(37)45)40-41(48-28-33-14-8-5-9-15-33)42(49-29-34-16-10-6-11-17-34)43(44(31-46,52-40)51-4-2)50-30-35-18-12-7-13-19-35/h4-25,27,40-43,46H,2-3,26,28-31H2,1H3. The monoisotopic (exact) mass is 720 g/mol. The lowest BCUT2D eigenvalue weighted by molar-refractivity contribution is -0.377. The van der Waals surface area contributed by atoms with Crippen LogP contribution in [0, 0.1) is 0 Å². The molecular formula is C44H45ClO7. The molecule has 1 saturated heterocycles. The molecule has 0 aliphatic carbocycles. The van der Waals surface area contributed by atoms with Crippen LogP contribution in [0.1, 0.15) is 46.4 Å². The van der Waals surface area contributed by atoms with Crippen LogP contribution in [0.4, 0.5) is 0 Å². The number of benzene rings is 5. The molecule has 0 radical (unpaired) electrons. The summed E-state index contributed by atoms with van der Waals surface area (Å²) in [6.45, 7) is 6.60. The van der Waals surface area contributed by atoms with Gasteiger partial charge in [0.25, 0.3) is 5.79 Å². The van der Waals surface area contributed by atoms with Gasteiger partial charge in [-0.2, -0.15) is 0 Å². The van der Waals surface area contributed by atoms with Gasteiger partial charge >= 0.3 is 0 Å². The van der Waals surface area contributed by atoms with E-state index in [4.69, 9.17) is 40.0 Å². The normalized spacial score (nSPS) is 21.4. The molecule has 5 unspecified atom stereocenters. The Balaban J connectivity index is 1.41. The molecule has 0 bridgehead atoms. The predicted molar refractivity (Wildman–Crippen MR) is 202 cm³/mol. The van der Waals surface area contributed by atoms with Crippen LogP contribution >= 0.6 is 11.6 Å². The Kier molecular flexibility index (Phi) is 13.1. The highest BCUT2D eigenvalue weighted by Crippen LogP contribution is 2.44. The maximum Gasteiger partial charge on any atom is 0.262 e. The Hall–Kier alpha value is -4.47. The third kappa shape index (κ3) is 9.30.